The fourth-order valence-corrected chi connectivity index (χ4v) is 10.5. The zero-order valence-electron chi connectivity index (χ0n) is 59.0. The molecule has 5 aliphatic carbocycles. The van der Waals surface area contributed by atoms with Crippen molar-refractivity contribution in [2.75, 3.05) is 66.1 Å². The lowest BCUT2D eigenvalue weighted by Crippen LogP contribution is -2.15. The Bertz CT molecular complexity index is 5670. The number of ketones is 5. The molecule has 0 aliphatic heterocycles. The van der Waals surface area contributed by atoms with Crippen molar-refractivity contribution in [2.24, 2.45) is 36.4 Å². The van der Waals surface area contributed by atoms with Gasteiger partial charge in [0.1, 0.15) is 73.2 Å². The van der Waals surface area contributed by atoms with Gasteiger partial charge in [-0.2, -0.15) is 0 Å². The molecule has 0 fully saturated rings. The highest BCUT2D eigenvalue weighted by Gasteiger charge is 2.25. The number of hydrogen-bond acceptors (Lipinski definition) is 30. The van der Waals surface area contributed by atoms with E-state index in [9.17, 15) is 39.3 Å². The van der Waals surface area contributed by atoms with Gasteiger partial charge in [-0.05, 0) is 122 Å². The number of nitrogens with two attached hydrogens (primary N) is 2. The molecular weight excluding hydrogens is 1470 g/mol. The number of nitrogens with zero attached hydrogens (tertiary/aromatic N) is 15. The first-order valence-corrected chi connectivity index (χ1v) is 34.1. The van der Waals surface area contributed by atoms with Gasteiger partial charge in [-0.25, -0.2) is 47.5 Å². The van der Waals surface area contributed by atoms with Crippen LogP contribution in [0.15, 0.2) is 265 Å². The van der Waals surface area contributed by atoms with E-state index in [1.807, 2.05) is 66.7 Å². The normalized spacial score (nSPS) is 16.4. The van der Waals surface area contributed by atoms with Crippen molar-refractivity contribution in [3.8, 4) is 29.4 Å². The second-order valence-corrected chi connectivity index (χ2v) is 23.7. The molecule has 10 aromatic heterocycles. The summed E-state index contributed by atoms with van der Waals surface area (Å²) in [6.07, 6.45) is 26.4. The molecule has 0 amide bonds. The quantitative estimate of drug-likeness (QED) is 0.0285. The maximum Gasteiger partial charge on any atom is 0.260 e. The van der Waals surface area contributed by atoms with Crippen LogP contribution in [0.1, 0.15) is 6.92 Å². The minimum absolute atomic E-state index is 0.0256. The predicted molar refractivity (Wildman–Crippen MR) is 411 cm³/mol. The zero-order chi connectivity index (χ0) is 79.4. The maximum atomic E-state index is 12.0. The zero-order valence-corrected chi connectivity index (χ0v) is 59.8. The number of carbonyl (C=O) groups is 5. The molecule has 112 heavy (non-hydrogen) atoms. The standard InChI is InChI=1S/C16H15N3O4.C15H12ClN3O4.2C15H14N4O3.C15H13N3O4/c1-10-13(21)6-5-11(15(10)22)17-14-12-4-2-3-7-19(12)18-16(14)23-9-8-20;16-9-7-10(13(22)8-12(9)21)17-14-11-3-1-2-4-19(11)18-15(14)23-6-5-20;16-11-9-10(21)4-5-12(11)17-14-13-3-1-2-6-19(13)18-15(14)22-8-7-20;16-10-4-5-11(13(21)9-10)17-14-12-3-1-2-6-19(12)18-15(14)22-8-7-20;19-7-8-22-15-14(12-3-1-2-6-18(12)17-15)16-11-5-4-10(20)9-13(11)21/h2-7,20,22H,8-9H2,1H3;1-4,7-8,20-21H,5-6H2;2*1-6,9,20H,7-8,16H2;1-6,9,19,21H,7-8H2. The van der Waals surface area contributed by atoms with Gasteiger partial charge in [0.05, 0.1) is 77.1 Å². The Balaban J connectivity index is 0.000000138. The Kier molecular flexibility index (Phi) is 26.0. The van der Waals surface area contributed by atoms with E-state index >= 15 is 0 Å². The molecule has 0 saturated carbocycles. The lowest BCUT2D eigenvalue weighted by atomic mass is 10.0. The number of aliphatic imine (C=N–C) groups is 5. The van der Waals surface area contributed by atoms with E-state index in [0.29, 0.717) is 67.8 Å². The first kappa shape index (κ1) is 78.7. The van der Waals surface area contributed by atoms with E-state index in [1.54, 1.807) is 96.1 Å². The van der Waals surface area contributed by atoms with E-state index in [0.717, 1.165) is 17.7 Å². The lowest BCUT2D eigenvalue weighted by Gasteiger charge is -2.09. The van der Waals surface area contributed by atoms with Crippen molar-refractivity contribution in [1.29, 1.82) is 0 Å². The molecule has 10 aromatic rings. The van der Waals surface area contributed by atoms with Crippen molar-refractivity contribution in [3.63, 3.8) is 0 Å². The highest BCUT2D eigenvalue weighted by atomic mass is 35.5. The van der Waals surface area contributed by atoms with Gasteiger partial charge < -0.3 is 76.0 Å². The Morgan fingerprint density at radius 1 is 0.366 bits per heavy atom. The molecular formula is C76H68ClN17O18. The van der Waals surface area contributed by atoms with Crippen LogP contribution in [0.4, 0.5) is 28.4 Å². The summed E-state index contributed by atoms with van der Waals surface area (Å²) in [5.74, 6) is -0.919. The smallest absolute Gasteiger partial charge is 0.260 e. The number of pyridine rings is 5. The molecule has 572 valence electrons. The molecule has 0 bridgehead atoms. The van der Waals surface area contributed by atoms with Gasteiger partial charge in [-0.1, -0.05) is 41.9 Å². The number of aliphatic hydroxyl groups excluding tert-OH is 8. The molecule has 5 aliphatic rings. The molecule has 0 spiro atoms. The molecule has 0 saturated heterocycles. The number of aromatic nitrogens is 10. The number of carbonyl (C=O) groups excluding carboxylic acids is 5. The van der Waals surface area contributed by atoms with Crippen molar-refractivity contribution in [3.05, 3.63) is 240 Å². The summed E-state index contributed by atoms with van der Waals surface area (Å²) < 4.78 is 35.0. The van der Waals surface area contributed by atoms with Gasteiger partial charge in [-0.15, -0.1) is 25.5 Å². The Labute approximate surface area is 637 Å². The first-order chi connectivity index (χ1) is 54.3. The van der Waals surface area contributed by atoms with Gasteiger partial charge in [0.15, 0.2) is 45.8 Å². The highest BCUT2D eigenvalue weighted by Crippen LogP contribution is 2.38. The van der Waals surface area contributed by atoms with E-state index in [4.69, 9.17) is 72.3 Å². The average Bonchev–Trinajstić information content (AvgIpc) is 1.65. The molecule has 36 heteroatoms. The maximum absolute atomic E-state index is 12.0. The molecule has 35 nitrogen and oxygen atoms in total. The van der Waals surface area contributed by atoms with Gasteiger partial charge in [0.2, 0.25) is 11.6 Å². The fourth-order valence-electron chi connectivity index (χ4n) is 10.4. The molecule has 0 atom stereocenters. The molecule has 0 radical (unpaired) electrons. The number of halogens is 1. The largest absolute Gasteiger partial charge is 0.506 e. The topological polar surface area (TPSA) is 494 Å². The second kappa shape index (κ2) is 37.0. The lowest BCUT2D eigenvalue weighted by molar-refractivity contribution is -0.112. The monoisotopic (exact) mass is 1540 g/mol. The van der Waals surface area contributed by atoms with Crippen LogP contribution in [-0.2, 0) is 24.0 Å². The van der Waals surface area contributed by atoms with Crippen LogP contribution in [0.2, 0.25) is 0 Å². The van der Waals surface area contributed by atoms with Gasteiger partial charge in [0.25, 0.3) is 29.4 Å². The number of allylic oxidation sites excluding steroid dienone is 15. The van der Waals surface area contributed by atoms with Crippen molar-refractivity contribution >= 4 is 125 Å². The van der Waals surface area contributed by atoms with Crippen LogP contribution in [-0.4, -0.2) is 212 Å². The molecule has 15 rings (SSSR count). The van der Waals surface area contributed by atoms with E-state index < -0.39 is 5.78 Å². The summed E-state index contributed by atoms with van der Waals surface area (Å²) in [5.41, 5.74) is 19.2. The highest BCUT2D eigenvalue weighted by molar-refractivity contribution is 6.52. The molecule has 0 unspecified atom stereocenters. The third-order valence-electron chi connectivity index (χ3n) is 15.5. The summed E-state index contributed by atoms with van der Waals surface area (Å²) in [5, 5.41) is 95.2. The van der Waals surface area contributed by atoms with Crippen molar-refractivity contribution < 1.29 is 88.5 Å². The number of hydrogen-bond donors (Lipinski definition) is 10. The summed E-state index contributed by atoms with van der Waals surface area (Å²) in [6.45, 7) is 1.22. The number of ether oxygens (including phenoxy) is 5. The Hall–Kier alpha value is -14.4. The molecule has 0 aromatic carbocycles. The van der Waals surface area contributed by atoms with Crippen LogP contribution < -0.4 is 35.2 Å². The average molecular weight is 1540 g/mol. The van der Waals surface area contributed by atoms with E-state index in [1.165, 1.54) is 55.5 Å². The number of rotatable bonds is 20. The van der Waals surface area contributed by atoms with Crippen LogP contribution in [0.5, 0.6) is 29.4 Å². The van der Waals surface area contributed by atoms with Crippen molar-refractivity contribution in [2.45, 2.75) is 6.92 Å². The van der Waals surface area contributed by atoms with Crippen LogP contribution in [0.3, 0.4) is 0 Å². The Morgan fingerprint density at radius 2 is 0.696 bits per heavy atom. The van der Waals surface area contributed by atoms with Crippen LogP contribution in [0.25, 0.3) is 27.6 Å². The summed E-state index contributed by atoms with van der Waals surface area (Å²) in [4.78, 5) is 79.8. The van der Waals surface area contributed by atoms with E-state index in [2.05, 4.69) is 50.5 Å². The van der Waals surface area contributed by atoms with Gasteiger partial charge >= 0.3 is 0 Å². The first-order valence-electron chi connectivity index (χ1n) is 33.7. The van der Waals surface area contributed by atoms with Crippen LogP contribution in [0, 0.1) is 0 Å². The fraction of sp³-hybridized carbons (Fsp3) is 0.145. The number of aliphatic hydroxyl groups is 8. The van der Waals surface area contributed by atoms with Gasteiger partial charge in [-0.3, -0.25) is 24.0 Å². The molecule has 12 N–H and O–H groups in total. The summed E-state index contributed by atoms with van der Waals surface area (Å²) >= 11 is 5.83. The van der Waals surface area contributed by atoms with Crippen molar-refractivity contribution in [1.82, 2.24) is 48.1 Å². The third-order valence-corrected chi connectivity index (χ3v) is 15.8. The van der Waals surface area contributed by atoms with E-state index in [-0.39, 0.29) is 169 Å². The third kappa shape index (κ3) is 18.9. The number of fused-ring (bicyclic) bond motifs is 5. The summed E-state index contributed by atoms with van der Waals surface area (Å²) in [7, 11) is 0. The SMILES string of the molecule is CC1=C(O)C(=Nc2c(OCCO)nn3ccccc23)C=CC1=O.NC1=CC(=O)C(=Nc2c(OCCO)nn3ccccc23)C=C1.NC1=CC(=O)C=CC1=Nc1c(OCCO)nn2ccccc12.O=C1C=C(O)C(Cl)=CC1=Nc1c(OCCO)nn2ccccc12.O=C1C=CC(=Nc2c(OCCO)nn3ccccc23)C(O)=C1. The minimum atomic E-state index is -0.477. The predicted octanol–water partition coefficient (Wildman–Crippen LogP) is 6.55. The Morgan fingerprint density at radius 3 is 1.07 bits per heavy atom. The molecule has 10 heterocycles. The van der Waals surface area contributed by atoms with Gasteiger partial charge in [0, 0.05) is 66.6 Å². The van der Waals surface area contributed by atoms with Crippen LogP contribution >= 0.6 is 11.6 Å². The minimum Gasteiger partial charge on any atom is -0.506 e. The summed E-state index contributed by atoms with van der Waals surface area (Å²) in [6, 6.07) is 27.3. The second-order valence-electron chi connectivity index (χ2n) is 23.3.